The Morgan fingerprint density at radius 2 is 1.11 bits per heavy atom. The molecule has 0 saturated heterocycles. The van der Waals surface area contributed by atoms with Crippen molar-refractivity contribution in [2.24, 2.45) is 0 Å². The summed E-state index contributed by atoms with van der Waals surface area (Å²) in [5.41, 5.74) is 14.5. The Bertz CT molecular complexity index is 3000. The van der Waals surface area contributed by atoms with Crippen molar-refractivity contribution in [3.8, 4) is 11.1 Å². The van der Waals surface area contributed by atoms with Gasteiger partial charge in [-0.2, -0.15) is 0 Å². The summed E-state index contributed by atoms with van der Waals surface area (Å²) in [6.45, 7) is -0.0797. The van der Waals surface area contributed by atoms with Gasteiger partial charge in [-0.1, -0.05) is 84.9 Å². The van der Waals surface area contributed by atoms with Crippen molar-refractivity contribution in [3.63, 3.8) is 0 Å². The molecule has 47 heavy (non-hydrogen) atoms. The molecule has 0 radical (unpaired) electrons. The number of aromatic nitrogens is 1. The van der Waals surface area contributed by atoms with E-state index in [9.17, 15) is 0 Å². The molecule has 5 heterocycles. The summed E-state index contributed by atoms with van der Waals surface area (Å²) in [5, 5.41) is 7.09. The standard InChI is InChI=1S/C42H23BN2O2/c1-4-15-33-25(9-1)30-13-7-14-31-29-12-8-16-34-39(29)43(45(33)41(30)31)40-35(22-21-32-27-11-3-6-18-37(27)47-42(32)40)44(34)24-19-20-28-26-10-2-5-17-36(26)46-38(28)23-24/h1-23H. The highest BCUT2D eigenvalue weighted by atomic mass is 16.3. The molecule has 12 rings (SSSR count). The van der Waals surface area contributed by atoms with Gasteiger partial charge in [0.05, 0.1) is 0 Å². The van der Waals surface area contributed by atoms with Crippen LogP contribution in [0.5, 0.6) is 0 Å². The normalized spacial score (nSPS) is 13.4. The third-order valence-electron chi connectivity index (χ3n) is 10.6. The number of anilines is 3. The Hall–Kier alpha value is -6.20. The predicted molar refractivity (Wildman–Crippen MR) is 195 cm³/mol. The van der Waals surface area contributed by atoms with E-state index in [0.717, 1.165) is 55.3 Å². The second-order valence-corrected chi connectivity index (χ2v) is 12.8. The highest BCUT2D eigenvalue weighted by molar-refractivity contribution is 6.91. The molecule has 10 aromatic rings. The Kier molecular flexibility index (Phi) is 4.27. The van der Waals surface area contributed by atoms with Crippen molar-refractivity contribution in [1.82, 2.24) is 4.48 Å². The van der Waals surface area contributed by atoms with Gasteiger partial charge < -0.3 is 18.2 Å². The van der Waals surface area contributed by atoms with Crippen LogP contribution < -0.4 is 15.8 Å². The molecule has 0 N–H and O–H groups in total. The van der Waals surface area contributed by atoms with E-state index in [-0.39, 0.29) is 6.85 Å². The minimum absolute atomic E-state index is 0.0797. The van der Waals surface area contributed by atoms with Crippen LogP contribution in [0.4, 0.5) is 17.1 Å². The second kappa shape index (κ2) is 8.33. The molecular weight excluding hydrogens is 575 g/mol. The summed E-state index contributed by atoms with van der Waals surface area (Å²) in [6, 6.07) is 50.2. The summed E-state index contributed by atoms with van der Waals surface area (Å²) in [5.74, 6) is 0. The van der Waals surface area contributed by atoms with Crippen LogP contribution in [0.25, 0.3) is 76.8 Å². The summed E-state index contributed by atoms with van der Waals surface area (Å²) in [6.07, 6.45) is 0. The van der Waals surface area contributed by atoms with Crippen LogP contribution in [0.2, 0.25) is 0 Å². The molecule has 0 atom stereocenters. The largest absolute Gasteiger partial charge is 0.456 e. The second-order valence-electron chi connectivity index (χ2n) is 12.8. The predicted octanol–water partition coefficient (Wildman–Crippen LogP) is 10.0. The summed E-state index contributed by atoms with van der Waals surface area (Å²) < 4.78 is 15.9. The number of hydrogen-bond donors (Lipinski definition) is 0. The van der Waals surface area contributed by atoms with Gasteiger partial charge in [0.2, 0.25) is 0 Å². The molecule has 2 aliphatic rings. The van der Waals surface area contributed by atoms with E-state index < -0.39 is 0 Å². The molecule has 3 aromatic heterocycles. The smallest absolute Gasteiger partial charge is 0.337 e. The SMILES string of the molecule is c1cc2c3c(c1)N(c1ccc4c(c1)oc1ccccc14)c1ccc4c(oc5ccccc54)c1B3n1c3ccccc3c3cccc-2c31. The third kappa shape index (κ3) is 2.87. The van der Waals surface area contributed by atoms with Gasteiger partial charge in [-0.05, 0) is 59.6 Å². The van der Waals surface area contributed by atoms with Crippen LogP contribution in [0, 0.1) is 0 Å². The molecule has 4 nitrogen and oxygen atoms in total. The van der Waals surface area contributed by atoms with Crippen LogP contribution in [0.15, 0.2) is 148 Å². The lowest BCUT2D eigenvalue weighted by atomic mass is 9.45. The maximum absolute atomic E-state index is 6.87. The van der Waals surface area contributed by atoms with Crippen molar-refractivity contribution < 1.29 is 8.83 Å². The minimum Gasteiger partial charge on any atom is -0.456 e. The number of hydrogen-bond acceptors (Lipinski definition) is 3. The van der Waals surface area contributed by atoms with Crippen LogP contribution in [0.1, 0.15) is 0 Å². The van der Waals surface area contributed by atoms with E-state index in [2.05, 4.69) is 137 Å². The molecular formula is C42H23BN2O2. The molecule has 7 aromatic carbocycles. The van der Waals surface area contributed by atoms with Crippen molar-refractivity contribution in [2.75, 3.05) is 4.90 Å². The van der Waals surface area contributed by atoms with E-state index in [4.69, 9.17) is 8.83 Å². The number of furan rings is 2. The highest BCUT2D eigenvalue weighted by Gasteiger charge is 2.44. The first-order valence-corrected chi connectivity index (χ1v) is 16.1. The fourth-order valence-corrected chi connectivity index (χ4v) is 8.73. The van der Waals surface area contributed by atoms with Crippen molar-refractivity contribution in [2.45, 2.75) is 0 Å². The highest BCUT2D eigenvalue weighted by Crippen LogP contribution is 2.47. The van der Waals surface area contributed by atoms with Crippen molar-refractivity contribution in [1.29, 1.82) is 0 Å². The van der Waals surface area contributed by atoms with Crippen molar-refractivity contribution >= 4 is 101 Å². The first kappa shape index (κ1) is 24.1. The number of fused-ring (bicyclic) bond motifs is 14. The maximum Gasteiger partial charge on any atom is 0.337 e. The van der Waals surface area contributed by atoms with Crippen LogP contribution in [-0.4, -0.2) is 11.3 Å². The van der Waals surface area contributed by atoms with Gasteiger partial charge in [0.25, 0.3) is 0 Å². The fourth-order valence-electron chi connectivity index (χ4n) is 8.73. The third-order valence-corrected chi connectivity index (χ3v) is 10.6. The Balaban J connectivity index is 1.26. The summed E-state index contributed by atoms with van der Waals surface area (Å²) in [4.78, 5) is 2.42. The topological polar surface area (TPSA) is 34.5 Å². The Labute approximate surface area is 268 Å². The Morgan fingerprint density at radius 1 is 0.447 bits per heavy atom. The lowest BCUT2D eigenvalue weighted by molar-refractivity contribution is 0.669. The van der Waals surface area contributed by atoms with Gasteiger partial charge in [0.15, 0.2) is 0 Å². The number of para-hydroxylation sites is 4. The number of nitrogens with zero attached hydrogens (tertiary/aromatic N) is 2. The summed E-state index contributed by atoms with van der Waals surface area (Å²) >= 11 is 0. The van der Waals surface area contributed by atoms with Gasteiger partial charge in [-0.3, -0.25) is 0 Å². The van der Waals surface area contributed by atoms with E-state index in [1.54, 1.807) is 0 Å². The van der Waals surface area contributed by atoms with Gasteiger partial charge in [-0.25, -0.2) is 0 Å². The first-order valence-electron chi connectivity index (χ1n) is 16.1. The number of benzene rings is 7. The minimum atomic E-state index is -0.0797. The molecule has 5 heteroatoms. The van der Waals surface area contributed by atoms with Gasteiger partial charge >= 0.3 is 6.85 Å². The molecule has 0 spiro atoms. The fraction of sp³-hybridized carbons (Fsp3) is 0. The number of rotatable bonds is 1. The lowest BCUT2D eigenvalue weighted by Gasteiger charge is -2.40. The Morgan fingerprint density at radius 3 is 2.00 bits per heavy atom. The van der Waals surface area contributed by atoms with Crippen molar-refractivity contribution in [3.05, 3.63) is 140 Å². The lowest BCUT2D eigenvalue weighted by Crippen LogP contribution is -2.56. The molecule has 0 fully saturated rings. The zero-order valence-electron chi connectivity index (χ0n) is 25.1. The molecule has 216 valence electrons. The molecule has 0 amide bonds. The van der Waals surface area contributed by atoms with E-state index in [1.165, 1.54) is 49.5 Å². The zero-order valence-corrected chi connectivity index (χ0v) is 25.1. The van der Waals surface area contributed by atoms with Gasteiger partial charge in [-0.15, -0.1) is 0 Å². The average Bonchev–Trinajstić information content (AvgIpc) is 3.80. The van der Waals surface area contributed by atoms with Crippen LogP contribution >= 0.6 is 0 Å². The van der Waals surface area contributed by atoms with Gasteiger partial charge in [0.1, 0.15) is 22.3 Å². The average molecular weight is 598 g/mol. The molecule has 0 bridgehead atoms. The molecule has 2 aliphatic heterocycles. The van der Waals surface area contributed by atoms with Crippen LogP contribution in [0.3, 0.4) is 0 Å². The van der Waals surface area contributed by atoms with E-state index in [1.807, 2.05) is 12.1 Å². The van der Waals surface area contributed by atoms with Crippen LogP contribution in [-0.2, 0) is 0 Å². The maximum atomic E-state index is 6.87. The monoisotopic (exact) mass is 598 g/mol. The zero-order chi connectivity index (χ0) is 30.4. The van der Waals surface area contributed by atoms with E-state index in [0.29, 0.717) is 0 Å². The molecule has 0 unspecified atom stereocenters. The molecule has 0 aliphatic carbocycles. The van der Waals surface area contributed by atoms with Gasteiger partial charge in [0, 0.05) is 77.5 Å². The first-order chi connectivity index (χ1) is 23.3. The summed E-state index contributed by atoms with van der Waals surface area (Å²) in [7, 11) is 0. The molecule has 0 saturated carbocycles. The quantitative estimate of drug-likeness (QED) is 0.176. The van der Waals surface area contributed by atoms with E-state index >= 15 is 0 Å².